The molecule has 0 amide bonds. The second-order valence-electron chi connectivity index (χ2n) is 3.45. The molecule has 0 heteroatoms. The quantitative estimate of drug-likeness (QED) is 0.548. The molecule has 68 valence electrons. The van der Waals surface area contributed by atoms with Gasteiger partial charge in [0.15, 0.2) is 0 Å². The van der Waals surface area contributed by atoms with Crippen LogP contribution in [-0.2, 0) is 0 Å². The maximum atomic E-state index is 2.23. The molecule has 0 aromatic rings. The summed E-state index contributed by atoms with van der Waals surface area (Å²) in [5, 5.41) is 0. The van der Waals surface area contributed by atoms with Gasteiger partial charge in [0.1, 0.15) is 0 Å². The van der Waals surface area contributed by atoms with Crippen LogP contribution in [0.15, 0.2) is 36.0 Å². The van der Waals surface area contributed by atoms with Crippen molar-refractivity contribution >= 4 is 0 Å². The van der Waals surface area contributed by atoms with Gasteiger partial charge in [0.25, 0.3) is 0 Å². The van der Waals surface area contributed by atoms with E-state index in [2.05, 4.69) is 58.1 Å². The zero-order valence-electron chi connectivity index (χ0n) is 8.67. The summed E-state index contributed by atoms with van der Waals surface area (Å²) >= 11 is 0. The summed E-state index contributed by atoms with van der Waals surface area (Å²) in [6.45, 7) is 8.61. The van der Waals surface area contributed by atoms with E-state index in [1.807, 2.05) is 0 Å². The smallest absolute Gasteiger partial charge is 0.0324 e. The molecule has 0 saturated heterocycles. The van der Waals surface area contributed by atoms with Crippen LogP contribution in [-0.4, -0.2) is 0 Å². The van der Waals surface area contributed by atoms with Crippen molar-refractivity contribution < 1.29 is 0 Å². The van der Waals surface area contributed by atoms with Gasteiger partial charge in [-0.1, -0.05) is 49.8 Å². The van der Waals surface area contributed by atoms with Crippen LogP contribution in [0.4, 0.5) is 0 Å². The Kier molecular flexibility index (Phi) is 6.45. The third-order valence-electron chi connectivity index (χ3n) is 1.67. The van der Waals surface area contributed by atoms with Gasteiger partial charge in [0.05, 0.1) is 0 Å². The Morgan fingerprint density at radius 2 is 1.92 bits per heavy atom. The van der Waals surface area contributed by atoms with Crippen molar-refractivity contribution in [2.75, 3.05) is 0 Å². The molecule has 0 rings (SSSR count). The summed E-state index contributed by atoms with van der Waals surface area (Å²) in [6, 6.07) is 0. The fourth-order valence-electron chi connectivity index (χ4n) is 0.733. The Labute approximate surface area is 76.7 Å². The highest BCUT2D eigenvalue weighted by Crippen LogP contribution is 2.00. The van der Waals surface area contributed by atoms with Crippen LogP contribution in [0.2, 0.25) is 0 Å². The number of hydrogen-bond donors (Lipinski definition) is 0. The third-order valence-corrected chi connectivity index (χ3v) is 1.67. The SMILES string of the molecule is CC=C(C)C=CC=CCC(C)C. The molecule has 0 radical (unpaired) electrons. The minimum atomic E-state index is 0.762. The van der Waals surface area contributed by atoms with Crippen LogP contribution in [0, 0.1) is 5.92 Å². The van der Waals surface area contributed by atoms with Crippen molar-refractivity contribution in [3.63, 3.8) is 0 Å². The fraction of sp³-hybridized carbons (Fsp3) is 0.500. The maximum Gasteiger partial charge on any atom is -0.0324 e. The molecule has 0 N–H and O–H groups in total. The van der Waals surface area contributed by atoms with Crippen molar-refractivity contribution in [3.05, 3.63) is 36.0 Å². The van der Waals surface area contributed by atoms with Gasteiger partial charge in [0.2, 0.25) is 0 Å². The van der Waals surface area contributed by atoms with Crippen molar-refractivity contribution in [1.82, 2.24) is 0 Å². The lowest BCUT2D eigenvalue weighted by Crippen LogP contribution is -1.80. The number of allylic oxidation sites excluding steroid dienone is 6. The summed E-state index contributed by atoms with van der Waals surface area (Å²) < 4.78 is 0. The van der Waals surface area contributed by atoms with E-state index in [1.54, 1.807) is 0 Å². The van der Waals surface area contributed by atoms with Crippen molar-refractivity contribution in [1.29, 1.82) is 0 Å². The zero-order chi connectivity index (χ0) is 9.40. The molecule has 0 bridgehead atoms. The van der Waals surface area contributed by atoms with E-state index in [4.69, 9.17) is 0 Å². The second-order valence-corrected chi connectivity index (χ2v) is 3.45. The normalized spacial score (nSPS) is 13.9. The molecule has 0 fully saturated rings. The first-order valence-electron chi connectivity index (χ1n) is 4.63. The van der Waals surface area contributed by atoms with E-state index >= 15 is 0 Å². The molecule has 0 aromatic carbocycles. The summed E-state index contributed by atoms with van der Waals surface area (Å²) in [6.07, 6.45) is 11.8. The Morgan fingerprint density at radius 3 is 2.42 bits per heavy atom. The maximum absolute atomic E-state index is 2.23. The molecular formula is C12H20. The molecule has 0 atom stereocenters. The predicted molar refractivity (Wildman–Crippen MR) is 57.2 cm³/mol. The van der Waals surface area contributed by atoms with Crippen LogP contribution in [0.25, 0.3) is 0 Å². The highest BCUT2D eigenvalue weighted by atomic mass is 13.9. The first-order valence-corrected chi connectivity index (χ1v) is 4.63. The number of rotatable bonds is 4. The van der Waals surface area contributed by atoms with Crippen LogP contribution in [0.1, 0.15) is 34.1 Å². The Hall–Kier alpha value is -0.780. The lowest BCUT2D eigenvalue weighted by molar-refractivity contribution is 0.664. The van der Waals surface area contributed by atoms with Crippen LogP contribution in [0.5, 0.6) is 0 Å². The number of hydrogen-bond acceptors (Lipinski definition) is 0. The summed E-state index contributed by atoms with van der Waals surface area (Å²) in [4.78, 5) is 0. The lowest BCUT2D eigenvalue weighted by atomic mass is 10.1. The van der Waals surface area contributed by atoms with Crippen LogP contribution >= 0.6 is 0 Å². The summed E-state index contributed by atoms with van der Waals surface area (Å²) in [5.41, 5.74) is 1.31. The van der Waals surface area contributed by atoms with Crippen molar-refractivity contribution in [2.45, 2.75) is 34.1 Å². The Balaban J connectivity index is 3.67. The van der Waals surface area contributed by atoms with Gasteiger partial charge in [-0.2, -0.15) is 0 Å². The molecule has 0 aliphatic heterocycles. The van der Waals surface area contributed by atoms with Gasteiger partial charge < -0.3 is 0 Å². The molecule has 12 heavy (non-hydrogen) atoms. The van der Waals surface area contributed by atoms with Gasteiger partial charge in [-0.15, -0.1) is 0 Å². The van der Waals surface area contributed by atoms with E-state index in [0.717, 1.165) is 5.92 Å². The van der Waals surface area contributed by atoms with E-state index in [0.29, 0.717) is 0 Å². The third kappa shape index (κ3) is 7.33. The molecule has 0 spiro atoms. The molecule has 0 saturated carbocycles. The molecule has 0 aromatic heterocycles. The van der Waals surface area contributed by atoms with Crippen molar-refractivity contribution in [2.24, 2.45) is 5.92 Å². The molecule has 0 nitrogen and oxygen atoms in total. The fourth-order valence-corrected chi connectivity index (χ4v) is 0.733. The average Bonchev–Trinajstić information content (AvgIpc) is 2.03. The van der Waals surface area contributed by atoms with Gasteiger partial charge in [-0.05, 0) is 26.2 Å². The first-order chi connectivity index (χ1) is 5.66. The Morgan fingerprint density at radius 1 is 1.25 bits per heavy atom. The van der Waals surface area contributed by atoms with E-state index in [9.17, 15) is 0 Å². The minimum absolute atomic E-state index is 0.762. The second kappa shape index (κ2) is 6.90. The largest absolute Gasteiger partial charge is 0.0847 e. The molecular weight excluding hydrogens is 144 g/mol. The standard InChI is InChI=1S/C12H20/c1-5-12(4)10-8-6-7-9-11(2)3/h5-8,10-11H,9H2,1-4H3. The minimum Gasteiger partial charge on any atom is -0.0847 e. The summed E-state index contributed by atoms with van der Waals surface area (Å²) in [5.74, 6) is 0.762. The van der Waals surface area contributed by atoms with E-state index in [1.165, 1.54) is 12.0 Å². The van der Waals surface area contributed by atoms with Crippen molar-refractivity contribution in [3.8, 4) is 0 Å². The van der Waals surface area contributed by atoms with Crippen LogP contribution < -0.4 is 0 Å². The van der Waals surface area contributed by atoms with Gasteiger partial charge in [-0.3, -0.25) is 0 Å². The van der Waals surface area contributed by atoms with Gasteiger partial charge >= 0.3 is 0 Å². The Bertz CT molecular complexity index is 180. The highest BCUT2D eigenvalue weighted by Gasteiger charge is 1.84. The highest BCUT2D eigenvalue weighted by molar-refractivity contribution is 5.19. The molecule has 0 aliphatic carbocycles. The first kappa shape index (κ1) is 11.2. The average molecular weight is 164 g/mol. The lowest BCUT2D eigenvalue weighted by Gasteiger charge is -1.94. The van der Waals surface area contributed by atoms with E-state index in [-0.39, 0.29) is 0 Å². The molecule has 0 aliphatic rings. The zero-order valence-corrected chi connectivity index (χ0v) is 8.67. The summed E-state index contributed by atoms with van der Waals surface area (Å²) in [7, 11) is 0. The topological polar surface area (TPSA) is 0 Å². The predicted octanol–water partition coefficient (Wildman–Crippen LogP) is 4.11. The van der Waals surface area contributed by atoms with Crippen LogP contribution in [0.3, 0.4) is 0 Å². The van der Waals surface area contributed by atoms with E-state index < -0.39 is 0 Å². The van der Waals surface area contributed by atoms with Gasteiger partial charge in [0, 0.05) is 0 Å². The molecule has 0 unspecified atom stereocenters. The van der Waals surface area contributed by atoms with Gasteiger partial charge in [-0.25, -0.2) is 0 Å². The monoisotopic (exact) mass is 164 g/mol. The molecule has 0 heterocycles.